The molecule has 1 aliphatic heterocycles. The molecule has 3 aromatic rings. The summed E-state index contributed by atoms with van der Waals surface area (Å²) in [7, 11) is 1.64. The van der Waals surface area contributed by atoms with Crippen LogP contribution in [0.3, 0.4) is 0 Å². The number of rotatable bonds is 9. The van der Waals surface area contributed by atoms with Crippen LogP contribution in [-0.2, 0) is 16.0 Å². The Balaban J connectivity index is 1.44. The number of hydrogen-bond acceptors (Lipinski definition) is 5. The highest BCUT2D eigenvalue weighted by Gasteiger charge is 2.25. The molecule has 190 valence electrons. The summed E-state index contributed by atoms with van der Waals surface area (Å²) in [6.07, 6.45) is 8.27. The minimum Gasteiger partial charge on any atom is -0.495 e. The monoisotopic (exact) mass is 488 g/mol. The Hall–Kier alpha value is -3.42. The lowest BCUT2D eigenvalue weighted by Crippen LogP contribution is -2.51. The van der Waals surface area contributed by atoms with Crippen molar-refractivity contribution in [1.82, 2.24) is 19.8 Å². The molecule has 0 bridgehead atoms. The molecule has 0 saturated carbocycles. The first-order valence-electron chi connectivity index (χ1n) is 12.5. The van der Waals surface area contributed by atoms with Crippen LogP contribution >= 0.6 is 0 Å². The smallest absolute Gasteiger partial charge is 0.244 e. The number of imidazole rings is 1. The van der Waals surface area contributed by atoms with Crippen LogP contribution in [0.2, 0.25) is 0 Å². The van der Waals surface area contributed by atoms with Gasteiger partial charge in [0, 0.05) is 37.9 Å². The van der Waals surface area contributed by atoms with Gasteiger partial charge in [-0.3, -0.25) is 9.69 Å². The Bertz CT molecular complexity index is 1160. The number of ether oxygens (including phenoxy) is 2. The Morgan fingerprint density at radius 1 is 1.19 bits per heavy atom. The van der Waals surface area contributed by atoms with Crippen LogP contribution in [0.15, 0.2) is 67.1 Å². The maximum atomic E-state index is 12.9. The Morgan fingerprint density at radius 3 is 2.61 bits per heavy atom. The van der Waals surface area contributed by atoms with Crippen molar-refractivity contribution in [2.24, 2.45) is 0 Å². The topological polar surface area (TPSA) is 68.6 Å². The van der Waals surface area contributed by atoms with E-state index in [9.17, 15) is 4.79 Å². The molecule has 1 N–H and O–H groups in total. The van der Waals surface area contributed by atoms with Crippen LogP contribution in [0.1, 0.15) is 30.7 Å². The van der Waals surface area contributed by atoms with Crippen molar-refractivity contribution >= 4 is 12.0 Å². The molecule has 7 nitrogen and oxygen atoms in total. The summed E-state index contributed by atoms with van der Waals surface area (Å²) in [4.78, 5) is 19.6. The van der Waals surface area contributed by atoms with Crippen LogP contribution in [0.5, 0.6) is 5.75 Å². The van der Waals surface area contributed by atoms with Crippen LogP contribution < -0.4 is 10.1 Å². The normalized spacial score (nSPS) is 19.3. The van der Waals surface area contributed by atoms with Gasteiger partial charge in [-0.25, -0.2) is 4.98 Å². The molecule has 1 aromatic heterocycles. The fraction of sp³-hybridized carbons (Fsp3) is 0.379. The third-order valence-electron chi connectivity index (χ3n) is 6.27. The third-order valence-corrected chi connectivity index (χ3v) is 6.27. The molecule has 7 heteroatoms. The predicted octanol–water partition coefficient (Wildman–Crippen LogP) is 4.04. The number of carbonyl (C=O) groups is 1. The Kier molecular flexibility index (Phi) is 8.57. The molecule has 4 rings (SSSR count). The second-order valence-corrected chi connectivity index (χ2v) is 9.56. The Labute approximate surface area is 213 Å². The van der Waals surface area contributed by atoms with Crippen molar-refractivity contribution in [1.29, 1.82) is 0 Å². The number of hydrogen-bond donors (Lipinski definition) is 1. The van der Waals surface area contributed by atoms with E-state index in [0.717, 1.165) is 43.0 Å². The largest absolute Gasteiger partial charge is 0.495 e. The SMILES string of the molecule is COc1cc(/C=C/C(=O)N[C@H](Cc2ccccc2)CN2C[C@@H](C)O[C@@H](C)C2)ccc1-n1cnc(C)c1. The van der Waals surface area contributed by atoms with Gasteiger partial charge in [-0.15, -0.1) is 0 Å². The number of methoxy groups -OCH3 is 1. The van der Waals surface area contributed by atoms with Crippen molar-refractivity contribution in [3.8, 4) is 11.4 Å². The van der Waals surface area contributed by atoms with Gasteiger partial charge in [0.2, 0.25) is 5.91 Å². The van der Waals surface area contributed by atoms with Gasteiger partial charge in [-0.1, -0.05) is 36.4 Å². The van der Waals surface area contributed by atoms with Crippen LogP contribution in [0, 0.1) is 6.92 Å². The maximum absolute atomic E-state index is 12.9. The summed E-state index contributed by atoms with van der Waals surface area (Å²) in [6, 6.07) is 16.1. The fourth-order valence-corrected chi connectivity index (χ4v) is 4.79. The number of aromatic nitrogens is 2. The molecule has 3 atom stereocenters. The number of morpholine rings is 1. The molecule has 2 aromatic carbocycles. The zero-order chi connectivity index (χ0) is 25.5. The number of aryl methyl sites for hydroxylation is 1. The van der Waals surface area contributed by atoms with Crippen molar-refractivity contribution in [3.63, 3.8) is 0 Å². The lowest BCUT2D eigenvalue weighted by Gasteiger charge is -2.37. The summed E-state index contributed by atoms with van der Waals surface area (Å²) in [5.41, 5.74) is 3.93. The summed E-state index contributed by atoms with van der Waals surface area (Å²) in [5, 5.41) is 3.23. The van der Waals surface area contributed by atoms with Gasteiger partial charge >= 0.3 is 0 Å². The van der Waals surface area contributed by atoms with E-state index < -0.39 is 0 Å². The highest BCUT2D eigenvalue weighted by molar-refractivity contribution is 5.92. The maximum Gasteiger partial charge on any atom is 0.244 e. The van der Waals surface area contributed by atoms with Gasteiger partial charge in [-0.2, -0.15) is 0 Å². The van der Waals surface area contributed by atoms with E-state index in [0.29, 0.717) is 5.75 Å². The first-order chi connectivity index (χ1) is 17.4. The number of nitrogens with one attached hydrogen (secondary N) is 1. The first-order valence-corrected chi connectivity index (χ1v) is 12.5. The summed E-state index contributed by atoms with van der Waals surface area (Å²) < 4.78 is 13.4. The van der Waals surface area contributed by atoms with Gasteiger partial charge in [0.05, 0.1) is 37.0 Å². The van der Waals surface area contributed by atoms with E-state index in [1.807, 2.05) is 60.2 Å². The standard InChI is InChI=1S/C29H36N4O3/c1-21-16-33(20-30-21)27-12-10-25(15-28(27)35-4)11-13-29(34)31-26(14-24-8-6-5-7-9-24)19-32-17-22(2)36-23(3)18-32/h5-13,15-16,20,22-23,26H,14,17-19H2,1-4H3,(H,31,34)/b13-11+/t22-,23+,26-/m1/s1. The molecule has 1 aliphatic rings. The second-order valence-electron chi connectivity index (χ2n) is 9.56. The molecule has 2 heterocycles. The second kappa shape index (κ2) is 12.0. The van der Waals surface area contributed by atoms with Crippen molar-refractivity contribution < 1.29 is 14.3 Å². The molecular formula is C29H36N4O3. The molecule has 0 aliphatic carbocycles. The molecule has 0 unspecified atom stereocenters. The number of amides is 1. The zero-order valence-electron chi connectivity index (χ0n) is 21.6. The molecule has 36 heavy (non-hydrogen) atoms. The number of benzene rings is 2. The molecular weight excluding hydrogens is 452 g/mol. The average Bonchev–Trinajstić information content (AvgIpc) is 3.28. The molecule has 1 amide bonds. The zero-order valence-corrected chi connectivity index (χ0v) is 21.6. The van der Waals surface area contributed by atoms with E-state index in [4.69, 9.17) is 9.47 Å². The fourth-order valence-electron chi connectivity index (χ4n) is 4.79. The van der Waals surface area contributed by atoms with Crippen LogP contribution in [-0.4, -0.2) is 65.4 Å². The van der Waals surface area contributed by atoms with Gasteiger partial charge in [-0.05, 0) is 56.5 Å². The van der Waals surface area contributed by atoms with Gasteiger partial charge < -0.3 is 19.4 Å². The molecule has 1 saturated heterocycles. The lowest BCUT2D eigenvalue weighted by molar-refractivity contribution is -0.117. The highest BCUT2D eigenvalue weighted by atomic mass is 16.5. The summed E-state index contributed by atoms with van der Waals surface area (Å²) in [6.45, 7) is 8.66. The third kappa shape index (κ3) is 7.06. The number of nitrogens with zero attached hydrogens (tertiary/aromatic N) is 3. The average molecular weight is 489 g/mol. The minimum atomic E-state index is -0.112. The van der Waals surface area contributed by atoms with E-state index in [-0.39, 0.29) is 24.2 Å². The van der Waals surface area contributed by atoms with Crippen molar-refractivity contribution in [2.45, 2.75) is 45.4 Å². The molecule has 0 spiro atoms. The molecule has 1 fully saturated rings. The predicted molar refractivity (Wildman–Crippen MR) is 142 cm³/mol. The lowest BCUT2D eigenvalue weighted by atomic mass is 10.0. The highest BCUT2D eigenvalue weighted by Crippen LogP contribution is 2.25. The van der Waals surface area contributed by atoms with Crippen molar-refractivity contribution in [3.05, 3.63) is 84.0 Å². The van der Waals surface area contributed by atoms with E-state index >= 15 is 0 Å². The van der Waals surface area contributed by atoms with Crippen molar-refractivity contribution in [2.75, 3.05) is 26.7 Å². The minimum absolute atomic E-state index is 0.0107. The van der Waals surface area contributed by atoms with Gasteiger partial charge in [0.1, 0.15) is 5.75 Å². The van der Waals surface area contributed by atoms with E-state index in [1.54, 1.807) is 19.5 Å². The van der Waals surface area contributed by atoms with Crippen LogP contribution in [0.25, 0.3) is 11.8 Å². The van der Waals surface area contributed by atoms with E-state index in [1.165, 1.54) is 5.56 Å². The van der Waals surface area contributed by atoms with Crippen LogP contribution in [0.4, 0.5) is 0 Å². The van der Waals surface area contributed by atoms with Gasteiger partial charge in [0.25, 0.3) is 0 Å². The number of carbonyl (C=O) groups excluding carboxylic acids is 1. The van der Waals surface area contributed by atoms with Gasteiger partial charge in [0.15, 0.2) is 0 Å². The van der Waals surface area contributed by atoms with E-state index in [2.05, 4.69) is 41.2 Å². The quantitative estimate of drug-likeness (QED) is 0.461. The Morgan fingerprint density at radius 2 is 1.94 bits per heavy atom. The first kappa shape index (κ1) is 25.7. The summed E-state index contributed by atoms with van der Waals surface area (Å²) in [5.74, 6) is 0.603. The molecule has 0 radical (unpaired) electrons. The summed E-state index contributed by atoms with van der Waals surface area (Å²) >= 11 is 0.